The van der Waals surface area contributed by atoms with Crippen molar-refractivity contribution in [3.63, 3.8) is 0 Å². The van der Waals surface area contributed by atoms with Gasteiger partial charge in [0.1, 0.15) is 0 Å². The Morgan fingerprint density at radius 3 is 1.41 bits per heavy atom. The fourth-order valence-corrected chi connectivity index (χ4v) is 2.96. The van der Waals surface area contributed by atoms with Crippen molar-refractivity contribution in [2.75, 3.05) is 13.2 Å². The Labute approximate surface area is 193 Å². The number of rotatable bonds is 8. The third-order valence-electron chi connectivity index (χ3n) is 4.65. The number of aromatic nitrogens is 6. The fraction of sp³-hybridized carbons (Fsp3) is 0.174. The van der Waals surface area contributed by atoms with Gasteiger partial charge in [-0.25, -0.2) is 9.59 Å². The summed E-state index contributed by atoms with van der Waals surface area (Å²) in [6, 6.07) is 18.1. The second-order valence-electron chi connectivity index (χ2n) is 7.21. The van der Waals surface area contributed by atoms with Crippen LogP contribution in [0.15, 0.2) is 60.7 Å². The van der Waals surface area contributed by atoms with E-state index in [1.54, 1.807) is 38.1 Å². The number of para-hydroxylation sites is 2. The van der Waals surface area contributed by atoms with Gasteiger partial charge in [-0.1, -0.05) is 36.4 Å². The lowest BCUT2D eigenvalue weighted by Gasteiger charge is -2.04. The summed E-state index contributed by atoms with van der Waals surface area (Å²) in [7, 11) is 0. The molecule has 0 aliphatic heterocycles. The number of carbonyl (C=O) groups is 3. The maximum absolute atomic E-state index is 12.3. The molecule has 34 heavy (non-hydrogen) atoms. The van der Waals surface area contributed by atoms with Crippen molar-refractivity contribution in [2.24, 2.45) is 0 Å². The van der Waals surface area contributed by atoms with Crippen LogP contribution in [0.5, 0.6) is 0 Å². The van der Waals surface area contributed by atoms with Gasteiger partial charge >= 0.3 is 11.9 Å². The fourth-order valence-electron chi connectivity index (χ4n) is 2.96. The van der Waals surface area contributed by atoms with Gasteiger partial charge in [-0.15, -0.1) is 10.2 Å². The average molecular weight is 460 g/mol. The first kappa shape index (κ1) is 22.5. The molecule has 11 nitrogen and oxygen atoms in total. The molecule has 0 saturated carbocycles. The predicted octanol–water partition coefficient (Wildman–Crippen LogP) is 2.05. The standard InChI is InChI=1S/C23H20N6O5/c1-15-20(26-28(24-15)17-9-5-3-6-10-17)22(31)33-13-19(30)14-34-23(32)21-16(2)25-29(27-21)18-11-7-4-8-12-18/h3-12H,13-14H2,1-2H3. The van der Waals surface area contributed by atoms with E-state index < -0.39 is 30.9 Å². The molecule has 0 amide bonds. The van der Waals surface area contributed by atoms with E-state index in [2.05, 4.69) is 20.4 Å². The second-order valence-corrected chi connectivity index (χ2v) is 7.21. The third kappa shape index (κ3) is 5.04. The highest BCUT2D eigenvalue weighted by molar-refractivity contribution is 5.93. The Balaban J connectivity index is 1.30. The summed E-state index contributed by atoms with van der Waals surface area (Å²) >= 11 is 0. The lowest BCUT2D eigenvalue weighted by molar-refractivity contribution is -0.125. The smallest absolute Gasteiger partial charge is 0.361 e. The summed E-state index contributed by atoms with van der Waals surface area (Å²) in [6.45, 7) is 2.05. The van der Waals surface area contributed by atoms with Gasteiger partial charge in [0.2, 0.25) is 5.78 Å². The number of ether oxygens (including phenoxy) is 2. The maximum atomic E-state index is 12.3. The molecule has 0 spiro atoms. The number of Topliss-reactive ketones (excluding diaryl/α,β-unsaturated/α-hetero) is 1. The number of hydrogen-bond donors (Lipinski definition) is 0. The Morgan fingerprint density at radius 2 is 1.03 bits per heavy atom. The van der Waals surface area contributed by atoms with E-state index in [9.17, 15) is 14.4 Å². The highest BCUT2D eigenvalue weighted by Gasteiger charge is 2.21. The van der Waals surface area contributed by atoms with Crippen LogP contribution in [-0.4, -0.2) is 60.9 Å². The van der Waals surface area contributed by atoms with E-state index >= 15 is 0 Å². The minimum atomic E-state index is -0.805. The number of esters is 2. The van der Waals surface area contributed by atoms with Crippen LogP contribution in [0, 0.1) is 13.8 Å². The third-order valence-corrected chi connectivity index (χ3v) is 4.65. The molecular formula is C23H20N6O5. The minimum absolute atomic E-state index is 0.0122. The average Bonchev–Trinajstić information content (AvgIpc) is 3.45. The Bertz CT molecular complexity index is 1230. The lowest BCUT2D eigenvalue weighted by Crippen LogP contribution is -2.21. The Morgan fingerprint density at radius 1 is 0.647 bits per heavy atom. The molecule has 0 radical (unpaired) electrons. The molecule has 0 saturated heterocycles. The molecular weight excluding hydrogens is 440 g/mol. The van der Waals surface area contributed by atoms with Crippen LogP contribution in [0.4, 0.5) is 0 Å². The van der Waals surface area contributed by atoms with Crippen molar-refractivity contribution in [1.29, 1.82) is 0 Å². The number of nitrogens with zero attached hydrogens (tertiary/aromatic N) is 6. The molecule has 0 aliphatic rings. The van der Waals surface area contributed by atoms with Gasteiger partial charge in [0.25, 0.3) is 0 Å². The van der Waals surface area contributed by atoms with Crippen LogP contribution < -0.4 is 0 Å². The van der Waals surface area contributed by atoms with Crippen molar-refractivity contribution in [1.82, 2.24) is 30.0 Å². The lowest BCUT2D eigenvalue weighted by atomic mass is 10.3. The molecule has 2 aromatic carbocycles. The van der Waals surface area contributed by atoms with E-state index in [1.807, 2.05) is 36.4 Å². The first-order valence-corrected chi connectivity index (χ1v) is 10.3. The summed E-state index contributed by atoms with van der Waals surface area (Å²) in [5.41, 5.74) is 2.03. The normalized spacial score (nSPS) is 10.6. The zero-order valence-corrected chi connectivity index (χ0v) is 18.4. The summed E-state index contributed by atoms with van der Waals surface area (Å²) in [4.78, 5) is 39.4. The zero-order valence-electron chi connectivity index (χ0n) is 18.4. The SMILES string of the molecule is Cc1nn(-c2ccccc2)nc1C(=O)OCC(=O)COC(=O)c1nn(-c2ccccc2)nc1C. The van der Waals surface area contributed by atoms with E-state index in [-0.39, 0.29) is 11.4 Å². The van der Waals surface area contributed by atoms with E-state index in [1.165, 1.54) is 9.59 Å². The molecule has 2 aromatic heterocycles. The first-order valence-electron chi connectivity index (χ1n) is 10.3. The number of benzene rings is 2. The van der Waals surface area contributed by atoms with Crippen LogP contribution >= 0.6 is 0 Å². The zero-order chi connectivity index (χ0) is 24.1. The molecule has 0 unspecified atom stereocenters. The number of hydrogen-bond acceptors (Lipinski definition) is 9. The first-order chi connectivity index (χ1) is 16.4. The summed E-state index contributed by atoms with van der Waals surface area (Å²) < 4.78 is 10.0. The van der Waals surface area contributed by atoms with Crippen LogP contribution in [0.1, 0.15) is 32.4 Å². The van der Waals surface area contributed by atoms with Crippen molar-refractivity contribution in [3.05, 3.63) is 83.4 Å². The summed E-state index contributed by atoms with van der Waals surface area (Å²) in [5.74, 6) is -2.22. The maximum Gasteiger partial charge on any atom is 0.361 e. The number of aryl methyl sites for hydroxylation is 2. The molecule has 0 N–H and O–H groups in total. The van der Waals surface area contributed by atoms with Crippen molar-refractivity contribution in [3.8, 4) is 11.4 Å². The summed E-state index contributed by atoms with van der Waals surface area (Å²) in [5, 5.41) is 16.6. The van der Waals surface area contributed by atoms with Gasteiger partial charge < -0.3 is 9.47 Å². The molecule has 4 aromatic rings. The highest BCUT2D eigenvalue weighted by atomic mass is 16.6. The van der Waals surface area contributed by atoms with Gasteiger partial charge in [-0.2, -0.15) is 19.8 Å². The molecule has 0 aliphatic carbocycles. The van der Waals surface area contributed by atoms with Crippen LogP contribution in [0.25, 0.3) is 11.4 Å². The molecule has 0 bridgehead atoms. The largest absolute Gasteiger partial charge is 0.453 e. The molecule has 11 heteroatoms. The molecule has 0 atom stereocenters. The molecule has 0 fully saturated rings. The summed E-state index contributed by atoms with van der Waals surface area (Å²) in [6.07, 6.45) is 0. The van der Waals surface area contributed by atoms with Crippen molar-refractivity contribution in [2.45, 2.75) is 13.8 Å². The number of ketones is 1. The van der Waals surface area contributed by atoms with Gasteiger partial charge in [0.15, 0.2) is 24.6 Å². The Hall–Kier alpha value is -4.67. The monoisotopic (exact) mass is 460 g/mol. The van der Waals surface area contributed by atoms with Gasteiger partial charge in [-0.05, 0) is 38.1 Å². The van der Waals surface area contributed by atoms with Gasteiger partial charge in [0.05, 0.1) is 22.8 Å². The van der Waals surface area contributed by atoms with Gasteiger partial charge in [0, 0.05) is 0 Å². The van der Waals surface area contributed by atoms with E-state index in [4.69, 9.17) is 9.47 Å². The Kier molecular flexibility index (Phi) is 6.53. The second kappa shape index (κ2) is 9.86. The van der Waals surface area contributed by atoms with Crippen LogP contribution in [-0.2, 0) is 14.3 Å². The van der Waals surface area contributed by atoms with E-state index in [0.29, 0.717) is 22.8 Å². The van der Waals surface area contributed by atoms with Crippen molar-refractivity contribution < 1.29 is 23.9 Å². The van der Waals surface area contributed by atoms with E-state index in [0.717, 1.165) is 0 Å². The quantitative estimate of drug-likeness (QED) is 0.362. The molecule has 4 rings (SSSR count). The van der Waals surface area contributed by atoms with Gasteiger partial charge in [-0.3, -0.25) is 4.79 Å². The topological polar surface area (TPSA) is 131 Å². The van der Waals surface area contributed by atoms with Crippen LogP contribution in [0.3, 0.4) is 0 Å². The highest BCUT2D eigenvalue weighted by Crippen LogP contribution is 2.11. The van der Waals surface area contributed by atoms with Crippen molar-refractivity contribution >= 4 is 17.7 Å². The molecule has 172 valence electrons. The predicted molar refractivity (Wildman–Crippen MR) is 118 cm³/mol. The number of carbonyl (C=O) groups excluding carboxylic acids is 3. The minimum Gasteiger partial charge on any atom is -0.453 e. The molecule has 2 heterocycles. The van der Waals surface area contributed by atoms with Crippen LogP contribution in [0.2, 0.25) is 0 Å².